The van der Waals surface area contributed by atoms with Crippen LogP contribution in [0.25, 0.3) is 0 Å². The molecule has 0 bridgehead atoms. The highest BCUT2D eigenvalue weighted by Gasteiger charge is 2.03. The second kappa shape index (κ2) is 20.7. The van der Waals surface area contributed by atoms with Crippen LogP contribution in [0.1, 0.15) is 124 Å². The molecule has 0 spiro atoms. The Morgan fingerprint density at radius 3 is 1.73 bits per heavy atom. The third-order valence-corrected chi connectivity index (χ3v) is 5.13. The molecule has 0 aromatic heterocycles. The molecular weight excluding hydrogens is 314 g/mol. The first kappa shape index (κ1) is 25.4. The molecule has 0 aliphatic rings. The third-order valence-electron chi connectivity index (χ3n) is 5.13. The van der Waals surface area contributed by atoms with Gasteiger partial charge < -0.3 is 5.73 Å². The number of hydrogen-bond donors (Lipinski definition) is 1. The molecule has 1 atom stereocenters. The zero-order valence-corrected chi connectivity index (χ0v) is 18.4. The topological polar surface area (TPSA) is 26.0 Å². The normalized spacial score (nSPS) is 13.4. The van der Waals surface area contributed by atoms with E-state index in [0.29, 0.717) is 6.04 Å². The summed E-state index contributed by atoms with van der Waals surface area (Å²) in [7, 11) is 0. The Morgan fingerprint density at radius 2 is 1.12 bits per heavy atom. The van der Waals surface area contributed by atoms with Crippen LogP contribution in [0.2, 0.25) is 0 Å². The van der Waals surface area contributed by atoms with Crippen LogP contribution in [-0.2, 0) is 0 Å². The largest absolute Gasteiger partial charge is 0.328 e. The molecular formula is C25H49N. The Balaban J connectivity index is 3.26. The van der Waals surface area contributed by atoms with Gasteiger partial charge in [-0.2, -0.15) is 0 Å². The summed E-state index contributed by atoms with van der Waals surface area (Å²) in [6, 6.07) is 0.445. The predicted molar refractivity (Wildman–Crippen MR) is 121 cm³/mol. The van der Waals surface area contributed by atoms with E-state index in [-0.39, 0.29) is 0 Å². The fourth-order valence-electron chi connectivity index (χ4n) is 3.32. The van der Waals surface area contributed by atoms with Gasteiger partial charge in [0.15, 0.2) is 0 Å². The van der Waals surface area contributed by atoms with Crippen LogP contribution in [0.5, 0.6) is 0 Å². The van der Waals surface area contributed by atoms with Gasteiger partial charge in [0.2, 0.25) is 0 Å². The molecule has 0 aromatic rings. The Bertz CT molecular complexity index is 316. The van der Waals surface area contributed by atoms with E-state index in [1.54, 1.807) is 0 Å². The number of unbranched alkanes of at least 4 members (excludes halogenated alkanes) is 9. The lowest BCUT2D eigenvalue weighted by Crippen LogP contribution is -2.19. The average Bonchev–Trinajstić information content (AvgIpc) is 2.62. The Labute approximate surface area is 165 Å². The minimum atomic E-state index is 0.445. The van der Waals surface area contributed by atoms with Crippen LogP contribution >= 0.6 is 0 Å². The molecule has 1 heteroatoms. The molecule has 0 heterocycles. The van der Waals surface area contributed by atoms with Gasteiger partial charge >= 0.3 is 0 Å². The van der Waals surface area contributed by atoms with Crippen molar-refractivity contribution in [2.24, 2.45) is 11.7 Å². The van der Waals surface area contributed by atoms with E-state index in [0.717, 1.165) is 12.3 Å². The quantitative estimate of drug-likeness (QED) is 0.181. The molecule has 0 aliphatic heterocycles. The van der Waals surface area contributed by atoms with Crippen molar-refractivity contribution in [3.05, 3.63) is 24.3 Å². The average molecular weight is 364 g/mol. The van der Waals surface area contributed by atoms with Crippen molar-refractivity contribution < 1.29 is 0 Å². The Morgan fingerprint density at radius 1 is 0.615 bits per heavy atom. The lowest BCUT2D eigenvalue weighted by atomic mass is 9.99. The minimum Gasteiger partial charge on any atom is -0.328 e. The molecule has 2 N–H and O–H groups in total. The zero-order valence-electron chi connectivity index (χ0n) is 18.4. The van der Waals surface area contributed by atoms with Crippen LogP contribution in [0.3, 0.4) is 0 Å². The van der Waals surface area contributed by atoms with Crippen molar-refractivity contribution in [2.45, 2.75) is 130 Å². The molecule has 0 saturated carbocycles. The van der Waals surface area contributed by atoms with Gasteiger partial charge in [0, 0.05) is 6.04 Å². The summed E-state index contributed by atoms with van der Waals surface area (Å²) in [5, 5.41) is 0. The van der Waals surface area contributed by atoms with E-state index in [1.807, 2.05) is 0 Å². The zero-order chi connectivity index (χ0) is 19.3. The molecule has 0 aliphatic carbocycles. The summed E-state index contributed by atoms with van der Waals surface area (Å²) in [6.45, 7) is 6.88. The van der Waals surface area contributed by atoms with Gasteiger partial charge in [-0.25, -0.2) is 0 Å². The van der Waals surface area contributed by atoms with Crippen LogP contribution in [0.4, 0.5) is 0 Å². The van der Waals surface area contributed by atoms with Gasteiger partial charge in [-0.1, -0.05) is 103 Å². The molecule has 1 unspecified atom stereocenters. The van der Waals surface area contributed by atoms with Crippen LogP contribution in [0.15, 0.2) is 24.3 Å². The standard InChI is InChI=1S/C25H49N/c1-4-5-6-7-8-9-10-11-12-13-14-15-16-17-18-22-25(26)23-20-19-21-24(2)3/h8-9,11-12,24-25H,4-7,10,13-23,26H2,1-3H3. The molecule has 26 heavy (non-hydrogen) atoms. The van der Waals surface area contributed by atoms with Crippen LogP contribution in [-0.4, -0.2) is 6.04 Å². The fourth-order valence-corrected chi connectivity index (χ4v) is 3.32. The summed E-state index contributed by atoms with van der Waals surface area (Å²) in [4.78, 5) is 0. The minimum absolute atomic E-state index is 0.445. The van der Waals surface area contributed by atoms with Gasteiger partial charge in [0.05, 0.1) is 0 Å². The number of allylic oxidation sites excluding steroid dienone is 4. The summed E-state index contributed by atoms with van der Waals surface area (Å²) < 4.78 is 0. The van der Waals surface area contributed by atoms with Crippen LogP contribution < -0.4 is 5.73 Å². The van der Waals surface area contributed by atoms with Crippen molar-refractivity contribution in [3.63, 3.8) is 0 Å². The van der Waals surface area contributed by atoms with Crippen LogP contribution in [0, 0.1) is 5.92 Å². The second-order valence-corrected chi connectivity index (χ2v) is 8.46. The first-order valence-corrected chi connectivity index (χ1v) is 11.7. The molecule has 0 saturated heterocycles. The molecule has 1 nitrogen and oxygen atoms in total. The monoisotopic (exact) mass is 363 g/mol. The van der Waals surface area contributed by atoms with Gasteiger partial charge in [0.1, 0.15) is 0 Å². The van der Waals surface area contributed by atoms with Gasteiger partial charge in [0.25, 0.3) is 0 Å². The maximum absolute atomic E-state index is 6.23. The highest BCUT2D eigenvalue weighted by Crippen LogP contribution is 2.13. The van der Waals surface area contributed by atoms with E-state index in [9.17, 15) is 0 Å². The van der Waals surface area contributed by atoms with E-state index in [4.69, 9.17) is 5.73 Å². The summed E-state index contributed by atoms with van der Waals surface area (Å²) in [5.41, 5.74) is 6.23. The van der Waals surface area contributed by atoms with E-state index in [2.05, 4.69) is 45.1 Å². The Kier molecular flexibility index (Phi) is 20.3. The van der Waals surface area contributed by atoms with Gasteiger partial charge in [-0.15, -0.1) is 0 Å². The van der Waals surface area contributed by atoms with E-state index in [1.165, 1.54) is 96.3 Å². The Hall–Kier alpha value is -0.560. The summed E-state index contributed by atoms with van der Waals surface area (Å²) in [5.74, 6) is 0.841. The smallest absolute Gasteiger partial charge is 0.00388 e. The molecule has 154 valence electrons. The van der Waals surface area contributed by atoms with Crippen molar-refractivity contribution in [3.8, 4) is 0 Å². The van der Waals surface area contributed by atoms with Crippen molar-refractivity contribution in [2.75, 3.05) is 0 Å². The third kappa shape index (κ3) is 21.5. The highest BCUT2D eigenvalue weighted by atomic mass is 14.6. The van der Waals surface area contributed by atoms with E-state index < -0.39 is 0 Å². The second-order valence-electron chi connectivity index (χ2n) is 8.46. The molecule has 0 aromatic carbocycles. The van der Waals surface area contributed by atoms with Gasteiger partial charge in [-0.3, -0.25) is 0 Å². The number of nitrogens with two attached hydrogens (primary N) is 1. The van der Waals surface area contributed by atoms with E-state index >= 15 is 0 Å². The number of rotatable bonds is 19. The van der Waals surface area contributed by atoms with Gasteiger partial charge in [-0.05, 0) is 50.9 Å². The summed E-state index contributed by atoms with van der Waals surface area (Å²) in [6.07, 6.45) is 30.3. The maximum atomic E-state index is 6.23. The van der Waals surface area contributed by atoms with Crippen molar-refractivity contribution >= 4 is 0 Å². The van der Waals surface area contributed by atoms with Crippen molar-refractivity contribution in [1.29, 1.82) is 0 Å². The molecule has 0 radical (unpaired) electrons. The summed E-state index contributed by atoms with van der Waals surface area (Å²) >= 11 is 0. The first-order valence-electron chi connectivity index (χ1n) is 11.7. The lowest BCUT2D eigenvalue weighted by molar-refractivity contribution is 0.468. The predicted octanol–water partition coefficient (Wildman–Crippen LogP) is 8.34. The fraction of sp³-hybridized carbons (Fsp3) is 0.840. The molecule has 0 amide bonds. The van der Waals surface area contributed by atoms with Crippen molar-refractivity contribution in [1.82, 2.24) is 0 Å². The molecule has 0 rings (SSSR count). The molecule has 0 fully saturated rings. The first-order chi connectivity index (χ1) is 12.7. The maximum Gasteiger partial charge on any atom is 0.00388 e. The lowest BCUT2D eigenvalue weighted by Gasteiger charge is -2.11. The highest BCUT2D eigenvalue weighted by molar-refractivity contribution is 4.92. The SMILES string of the molecule is CCCCCC=CCC=CCCCCCCCC(N)CCCCC(C)C. The number of hydrogen-bond acceptors (Lipinski definition) is 1.